The number of rotatable bonds is 10. The topological polar surface area (TPSA) is 145 Å². The second-order valence-electron chi connectivity index (χ2n) is 13.3. The molecule has 0 bridgehead atoms. The molecule has 8 aromatic rings. The fourth-order valence-electron chi connectivity index (χ4n) is 6.42. The largest absolute Gasteiger partial charge is 0.497 e. The van der Waals surface area contributed by atoms with Crippen LogP contribution >= 0.6 is 0 Å². The molecule has 2 amide bonds. The number of ether oxygens (including phenoxy) is 2. The van der Waals surface area contributed by atoms with E-state index in [1.165, 1.54) is 13.3 Å². The Bertz CT molecular complexity index is 2780. The molecule has 8 rings (SSSR count). The summed E-state index contributed by atoms with van der Waals surface area (Å²) < 4.78 is 13.7. The number of fused-ring (bicyclic) bond motifs is 2. The molecule has 58 heavy (non-hydrogen) atoms. The summed E-state index contributed by atoms with van der Waals surface area (Å²) in [6.07, 6.45) is 8.30. The normalized spacial score (nSPS) is 10.7. The van der Waals surface area contributed by atoms with Crippen molar-refractivity contribution in [3.05, 3.63) is 169 Å². The predicted molar refractivity (Wildman–Crippen MR) is 223 cm³/mol. The second kappa shape index (κ2) is 16.9. The molecule has 0 unspecified atom stereocenters. The van der Waals surface area contributed by atoms with Crippen LogP contribution in [0.25, 0.3) is 33.3 Å². The molecule has 0 saturated carbocycles. The zero-order valence-corrected chi connectivity index (χ0v) is 32.1. The lowest BCUT2D eigenvalue weighted by Gasteiger charge is -2.08. The summed E-state index contributed by atoms with van der Waals surface area (Å²) in [6.45, 7) is 3.94. The van der Waals surface area contributed by atoms with Gasteiger partial charge in [-0.3, -0.25) is 24.2 Å². The summed E-state index contributed by atoms with van der Waals surface area (Å²) in [4.78, 5) is 59.9. The maximum Gasteiger partial charge on any atom is 0.298 e. The van der Waals surface area contributed by atoms with E-state index >= 15 is 0 Å². The number of amides is 2. The number of benzene rings is 2. The van der Waals surface area contributed by atoms with Crippen LogP contribution in [0.5, 0.6) is 11.6 Å². The first kappa shape index (κ1) is 38.4. The number of pyridine rings is 4. The highest BCUT2D eigenvalue weighted by Crippen LogP contribution is 2.31. The third-order valence-corrected chi connectivity index (χ3v) is 9.32. The van der Waals surface area contributed by atoms with E-state index in [2.05, 4.69) is 20.6 Å². The van der Waals surface area contributed by atoms with Crippen LogP contribution in [0.4, 0.5) is 11.4 Å². The van der Waals surface area contributed by atoms with Crippen LogP contribution in [-0.2, 0) is 9.59 Å². The van der Waals surface area contributed by atoms with E-state index in [0.29, 0.717) is 39.8 Å². The van der Waals surface area contributed by atoms with Gasteiger partial charge in [0.05, 0.1) is 31.6 Å². The average molecular weight is 771 g/mol. The number of aryl methyl sites for hydroxylation is 2. The Morgan fingerprint density at radius 1 is 0.569 bits per heavy atom. The lowest BCUT2D eigenvalue weighted by atomic mass is 10.0. The summed E-state index contributed by atoms with van der Waals surface area (Å²) >= 11 is 0. The molecule has 6 heterocycles. The minimum absolute atomic E-state index is 0.284. The molecule has 0 aliphatic rings. The third-order valence-electron chi connectivity index (χ3n) is 9.32. The van der Waals surface area contributed by atoms with E-state index < -0.39 is 23.4 Å². The number of ketones is 2. The quantitative estimate of drug-likeness (QED) is 0.104. The Hall–Kier alpha value is -7.86. The van der Waals surface area contributed by atoms with E-state index in [-0.39, 0.29) is 5.69 Å². The van der Waals surface area contributed by atoms with Gasteiger partial charge in [0, 0.05) is 64.8 Å². The van der Waals surface area contributed by atoms with Crippen LogP contribution in [-0.4, -0.2) is 56.4 Å². The monoisotopic (exact) mass is 770 g/mol. The number of carbonyl (C=O) groups is 4. The van der Waals surface area contributed by atoms with Crippen molar-refractivity contribution >= 4 is 45.8 Å². The molecule has 2 N–H and O–H groups in total. The molecule has 0 radical (unpaired) electrons. The molecular formula is C46H38N6O6. The van der Waals surface area contributed by atoms with Gasteiger partial charge in [-0.2, -0.15) is 0 Å². The highest BCUT2D eigenvalue weighted by atomic mass is 16.5. The first-order valence-corrected chi connectivity index (χ1v) is 18.2. The van der Waals surface area contributed by atoms with Gasteiger partial charge in [-0.05, 0) is 79.6 Å². The molecule has 0 aliphatic heterocycles. The van der Waals surface area contributed by atoms with Crippen LogP contribution < -0.4 is 20.1 Å². The van der Waals surface area contributed by atoms with Gasteiger partial charge in [0.25, 0.3) is 23.4 Å². The summed E-state index contributed by atoms with van der Waals surface area (Å²) in [5.74, 6) is -1.58. The number of nitrogens with zero attached hydrogens (tertiary/aromatic N) is 4. The number of nitrogens with one attached hydrogen (secondary N) is 2. The number of aromatic nitrogens is 4. The second-order valence-corrected chi connectivity index (χ2v) is 13.3. The molecule has 12 nitrogen and oxygen atoms in total. The van der Waals surface area contributed by atoms with Crippen molar-refractivity contribution in [2.24, 2.45) is 0 Å². The summed E-state index contributed by atoms with van der Waals surface area (Å²) in [6, 6.07) is 35.0. The molecule has 6 aromatic heterocycles. The molecule has 0 fully saturated rings. The predicted octanol–water partition coefficient (Wildman–Crippen LogP) is 8.28. The average Bonchev–Trinajstić information content (AvgIpc) is 3.83. The molecule has 0 saturated heterocycles. The van der Waals surface area contributed by atoms with Crippen LogP contribution in [0.1, 0.15) is 32.1 Å². The van der Waals surface area contributed by atoms with E-state index in [1.807, 2.05) is 92.7 Å². The van der Waals surface area contributed by atoms with E-state index in [9.17, 15) is 19.2 Å². The van der Waals surface area contributed by atoms with Crippen molar-refractivity contribution in [3.8, 4) is 33.9 Å². The smallest absolute Gasteiger partial charge is 0.298 e. The van der Waals surface area contributed by atoms with Gasteiger partial charge in [0.1, 0.15) is 17.1 Å². The summed E-state index contributed by atoms with van der Waals surface area (Å²) in [7, 11) is 3.09. The van der Waals surface area contributed by atoms with Crippen molar-refractivity contribution in [2.75, 3.05) is 24.9 Å². The Kier molecular flexibility index (Phi) is 11.2. The zero-order valence-electron chi connectivity index (χ0n) is 32.1. The lowest BCUT2D eigenvalue weighted by Crippen LogP contribution is -2.24. The number of anilines is 2. The van der Waals surface area contributed by atoms with Gasteiger partial charge in [-0.15, -0.1) is 0 Å². The van der Waals surface area contributed by atoms with Crippen molar-refractivity contribution in [3.63, 3.8) is 0 Å². The first-order valence-electron chi connectivity index (χ1n) is 18.2. The zero-order chi connectivity index (χ0) is 40.8. The minimum Gasteiger partial charge on any atom is -0.497 e. The molecular weight excluding hydrogens is 733 g/mol. The maximum absolute atomic E-state index is 13.2. The van der Waals surface area contributed by atoms with Gasteiger partial charge in [0.15, 0.2) is 0 Å². The van der Waals surface area contributed by atoms with E-state index in [1.54, 1.807) is 77.1 Å². The number of carbonyl (C=O) groups excluding carboxylic acids is 4. The van der Waals surface area contributed by atoms with Crippen molar-refractivity contribution in [2.45, 2.75) is 13.8 Å². The molecule has 288 valence electrons. The Labute approximate surface area is 333 Å². The lowest BCUT2D eigenvalue weighted by molar-refractivity contribution is -0.113. The first-order chi connectivity index (χ1) is 28.1. The highest BCUT2D eigenvalue weighted by Gasteiger charge is 2.26. The number of hydrogen-bond donors (Lipinski definition) is 2. The number of methoxy groups -OCH3 is 2. The van der Waals surface area contributed by atoms with Gasteiger partial charge < -0.3 is 28.9 Å². The molecule has 0 atom stereocenters. The summed E-state index contributed by atoms with van der Waals surface area (Å²) in [5.41, 5.74) is 8.29. The van der Waals surface area contributed by atoms with E-state index in [0.717, 1.165) is 33.3 Å². The fraction of sp³-hybridized carbons (Fsp3) is 0.0870. The van der Waals surface area contributed by atoms with Crippen molar-refractivity contribution in [1.29, 1.82) is 0 Å². The maximum atomic E-state index is 13.2. The van der Waals surface area contributed by atoms with Crippen LogP contribution in [0, 0.1) is 13.8 Å². The summed E-state index contributed by atoms with van der Waals surface area (Å²) in [5, 5.41) is 5.30. The number of Topliss-reactive ketones (excluding diaryl/α,β-unsaturated/α-hetero) is 2. The molecule has 0 aliphatic carbocycles. The molecule has 0 spiro atoms. The minimum atomic E-state index is -0.748. The number of hydrogen-bond acceptors (Lipinski definition) is 8. The van der Waals surface area contributed by atoms with Gasteiger partial charge >= 0.3 is 0 Å². The Morgan fingerprint density at radius 3 is 1.78 bits per heavy atom. The standard InChI is InChI=1S/C24H20N2O3.C22H18N4O3/c1-16-8-10-18(11-9-16)25-24(28)23(27)22-21(17-6-4-3-5-7-17)15-19-14-20(29-2)12-13-26(19)22;1-14-7-9-26-17(10-14)11-18(15-4-3-8-23-12-15)20(26)21(27)22(28)25-16-5-6-19(29-2)24-13-16/h3-15H,1-2H3,(H,25,28);3-13H,1-2H3,(H,25,28). The van der Waals surface area contributed by atoms with Gasteiger partial charge in [0.2, 0.25) is 5.88 Å². The highest BCUT2D eigenvalue weighted by molar-refractivity contribution is 6.48. The Morgan fingerprint density at radius 2 is 1.17 bits per heavy atom. The molecule has 2 aromatic carbocycles. The molecule has 12 heteroatoms. The van der Waals surface area contributed by atoms with Crippen LogP contribution in [0.3, 0.4) is 0 Å². The SMILES string of the molecule is COc1ccc(NC(=O)C(=O)c2c(-c3cccnc3)cc3cc(C)ccn23)cn1.COc1ccn2c(C(=O)C(=O)Nc3ccc(C)cc3)c(-c3ccccc3)cc2c1. The van der Waals surface area contributed by atoms with Crippen LogP contribution in [0.2, 0.25) is 0 Å². The van der Waals surface area contributed by atoms with Crippen LogP contribution in [0.15, 0.2) is 146 Å². The van der Waals surface area contributed by atoms with Crippen molar-refractivity contribution in [1.82, 2.24) is 18.8 Å². The van der Waals surface area contributed by atoms with Crippen molar-refractivity contribution < 1.29 is 28.7 Å². The fourth-order valence-corrected chi connectivity index (χ4v) is 6.42. The van der Waals surface area contributed by atoms with E-state index in [4.69, 9.17) is 9.47 Å². The van der Waals surface area contributed by atoms with Gasteiger partial charge in [-0.25, -0.2) is 4.98 Å². The van der Waals surface area contributed by atoms with Gasteiger partial charge in [-0.1, -0.05) is 54.1 Å². The third kappa shape index (κ3) is 8.21. The Balaban J connectivity index is 0.000000177.